The number of aromatic nitrogens is 2. The van der Waals surface area contributed by atoms with Gasteiger partial charge < -0.3 is 0 Å². The molecule has 0 N–H and O–H groups in total. The molecule has 0 amide bonds. The Labute approximate surface area is 90.4 Å². The fourth-order valence-corrected chi connectivity index (χ4v) is 1.73. The van der Waals surface area contributed by atoms with Gasteiger partial charge in [0.1, 0.15) is 0 Å². The molecule has 1 aromatic carbocycles. The number of benzene rings is 1. The van der Waals surface area contributed by atoms with Gasteiger partial charge in [-0.2, -0.15) is 5.10 Å². The van der Waals surface area contributed by atoms with E-state index < -0.39 is 4.92 Å². The quantitative estimate of drug-likeness (QED) is 0.583. The second-order valence-corrected chi connectivity index (χ2v) is 3.42. The molecule has 78 valence electrons. The minimum atomic E-state index is -0.430. The van der Waals surface area contributed by atoms with Crippen LogP contribution in [0.15, 0.2) is 18.2 Å². The third-order valence-corrected chi connectivity index (χ3v) is 2.48. The molecule has 0 bridgehead atoms. The van der Waals surface area contributed by atoms with Gasteiger partial charge >= 0.3 is 0 Å². The maximum atomic E-state index is 10.6. The Morgan fingerprint density at radius 3 is 2.93 bits per heavy atom. The summed E-state index contributed by atoms with van der Waals surface area (Å²) in [5, 5.41) is 15.8. The molecule has 0 aliphatic rings. The van der Waals surface area contributed by atoms with E-state index in [0.29, 0.717) is 17.2 Å². The van der Waals surface area contributed by atoms with Gasteiger partial charge in [0.25, 0.3) is 5.69 Å². The number of hydrogen-bond acceptors (Lipinski definition) is 3. The predicted molar refractivity (Wildman–Crippen MR) is 57.1 cm³/mol. The zero-order valence-corrected chi connectivity index (χ0v) is 8.73. The van der Waals surface area contributed by atoms with Crippen LogP contribution in [0.2, 0.25) is 5.15 Å². The highest BCUT2D eigenvalue weighted by atomic mass is 35.5. The number of rotatable bonds is 2. The average Bonchev–Trinajstić information content (AvgIpc) is 2.55. The molecule has 15 heavy (non-hydrogen) atoms. The van der Waals surface area contributed by atoms with Crippen molar-refractivity contribution in [1.82, 2.24) is 9.78 Å². The van der Waals surface area contributed by atoms with Crippen molar-refractivity contribution < 1.29 is 4.92 Å². The number of halogens is 1. The second-order valence-electron chi connectivity index (χ2n) is 3.07. The minimum absolute atomic E-state index is 0.0498. The van der Waals surface area contributed by atoms with Crippen molar-refractivity contribution in [2.24, 2.45) is 0 Å². The van der Waals surface area contributed by atoms with Crippen LogP contribution in [0.5, 0.6) is 0 Å². The van der Waals surface area contributed by atoms with Crippen LogP contribution in [0.3, 0.4) is 0 Å². The van der Waals surface area contributed by atoms with Crippen molar-refractivity contribution in [3.63, 3.8) is 0 Å². The SMILES string of the molecule is CCn1nc(Cl)c2ccc([N+](=O)[O-])cc21. The Balaban J connectivity index is 2.73. The van der Waals surface area contributed by atoms with E-state index in [4.69, 9.17) is 11.6 Å². The summed E-state index contributed by atoms with van der Waals surface area (Å²) in [6, 6.07) is 4.53. The molecule has 0 radical (unpaired) electrons. The molecular weight excluding hydrogens is 218 g/mol. The van der Waals surface area contributed by atoms with E-state index in [9.17, 15) is 10.1 Å². The number of nitro benzene ring substituents is 1. The Morgan fingerprint density at radius 1 is 1.60 bits per heavy atom. The first-order valence-corrected chi connectivity index (χ1v) is 4.81. The van der Waals surface area contributed by atoms with Gasteiger partial charge in [-0.05, 0) is 13.0 Å². The Morgan fingerprint density at radius 2 is 2.33 bits per heavy atom. The maximum Gasteiger partial charge on any atom is 0.271 e. The van der Waals surface area contributed by atoms with Gasteiger partial charge in [0.15, 0.2) is 5.15 Å². The standard InChI is InChI=1S/C9H8ClN3O2/c1-2-12-8-5-6(13(14)15)3-4-7(8)9(10)11-12/h3-5H,2H2,1H3. The number of nitrogens with zero attached hydrogens (tertiary/aromatic N) is 3. The Bertz CT molecular complexity index is 535. The molecular formula is C9H8ClN3O2. The summed E-state index contributed by atoms with van der Waals surface area (Å²) in [5.74, 6) is 0. The van der Waals surface area contributed by atoms with E-state index >= 15 is 0 Å². The zero-order chi connectivity index (χ0) is 11.0. The topological polar surface area (TPSA) is 61.0 Å². The van der Waals surface area contributed by atoms with Crippen molar-refractivity contribution in [1.29, 1.82) is 0 Å². The normalized spacial score (nSPS) is 10.8. The second kappa shape index (κ2) is 3.51. The molecule has 0 aliphatic heterocycles. The van der Waals surface area contributed by atoms with Gasteiger partial charge in [-0.1, -0.05) is 11.6 Å². The molecule has 0 unspecified atom stereocenters. The van der Waals surface area contributed by atoms with Crippen molar-refractivity contribution >= 4 is 28.2 Å². The molecule has 0 spiro atoms. The number of non-ortho nitro benzene ring substituents is 1. The molecule has 0 aliphatic carbocycles. The highest BCUT2D eigenvalue weighted by Crippen LogP contribution is 2.26. The summed E-state index contributed by atoms with van der Waals surface area (Å²) in [6.07, 6.45) is 0. The van der Waals surface area contributed by atoms with Crippen LogP contribution >= 0.6 is 11.6 Å². The first-order chi connectivity index (χ1) is 7.13. The van der Waals surface area contributed by atoms with Crippen molar-refractivity contribution in [3.8, 4) is 0 Å². The molecule has 2 aromatic rings. The highest BCUT2D eigenvalue weighted by Gasteiger charge is 2.12. The van der Waals surface area contributed by atoms with Crippen LogP contribution in [0, 0.1) is 10.1 Å². The van der Waals surface area contributed by atoms with E-state index in [-0.39, 0.29) is 5.69 Å². The van der Waals surface area contributed by atoms with Crippen molar-refractivity contribution in [3.05, 3.63) is 33.5 Å². The first kappa shape index (κ1) is 9.92. The lowest BCUT2D eigenvalue weighted by Crippen LogP contribution is -1.96. The van der Waals surface area contributed by atoms with Crippen molar-refractivity contribution in [2.75, 3.05) is 0 Å². The number of nitro groups is 1. The number of aryl methyl sites for hydroxylation is 1. The van der Waals surface area contributed by atoms with E-state index in [1.165, 1.54) is 12.1 Å². The fraction of sp³-hybridized carbons (Fsp3) is 0.222. The van der Waals surface area contributed by atoms with Crippen LogP contribution in [0.4, 0.5) is 5.69 Å². The largest absolute Gasteiger partial charge is 0.271 e. The number of fused-ring (bicyclic) bond motifs is 1. The molecule has 2 rings (SSSR count). The summed E-state index contributed by atoms with van der Waals surface area (Å²) in [7, 11) is 0. The van der Waals surface area contributed by atoms with Gasteiger partial charge in [-0.15, -0.1) is 0 Å². The minimum Gasteiger partial charge on any atom is -0.263 e. The molecule has 0 fully saturated rings. The van der Waals surface area contributed by atoms with Crippen molar-refractivity contribution in [2.45, 2.75) is 13.5 Å². The molecule has 6 heteroatoms. The van der Waals surface area contributed by atoms with Gasteiger partial charge in [-0.25, -0.2) is 0 Å². The zero-order valence-electron chi connectivity index (χ0n) is 7.98. The monoisotopic (exact) mass is 225 g/mol. The average molecular weight is 226 g/mol. The molecule has 1 aromatic heterocycles. The Hall–Kier alpha value is -1.62. The molecule has 0 saturated carbocycles. The molecule has 1 heterocycles. The van der Waals surface area contributed by atoms with Gasteiger partial charge in [0.2, 0.25) is 0 Å². The summed E-state index contributed by atoms with van der Waals surface area (Å²) < 4.78 is 1.64. The smallest absolute Gasteiger partial charge is 0.263 e. The van der Waals surface area contributed by atoms with E-state index in [1.807, 2.05) is 6.92 Å². The summed E-state index contributed by atoms with van der Waals surface area (Å²) in [5.41, 5.74) is 0.741. The fourth-order valence-electron chi connectivity index (χ4n) is 1.48. The van der Waals surface area contributed by atoms with E-state index in [0.717, 1.165) is 5.39 Å². The third-order valence-electron chi connectivity index (χ3n) is 2.20. The third kappa shape index (κ3) is 1.55. The van der Waals surface area contributed by atoms with Gasteiger partial charge in [-0.3, -0.25) is 14.8 Å². The van der Waals surface area contributed by atoms with Crippen LogP contribution in [0.25, 0.3) is 10.9 Å². The van der Waals surface area contributed by atoms with Crippen LogP contribution in [-0.4, -0.2) is 14.7 Å². The highest BCUT2D eigenvalue weighted by molar-refractivity contribution is 6.34. The summed E-state index contributed by atoms with van der Waals surface area (Å²) >= 11 is 5.89. The van der Waals surface area contributed by atoms with Crippen LogP contribution in [-0.2, 0) is 6.54 Å². The predicted octanol–water partition coefficient (Wildman–Crippen LogP) is 2.62. The lowest BCUT2D eigenvalue weighted by atomic mass is 10.2. The van der Waals surface area contributed by atoms with E-state index in [1.54, 1.807) is 10.7 Å². The first-order valence-electron chi connectivity index (χ1n) is 4.44. The molecule has 0 saturated heterocycles. The summed E-state index contributed by atoms with van der Waals surface area (Å²) in [4.78, 5) is 10.2. The van der Waals surface area contributed by atoms with Gasteiger partial charge in [0.05, 0.1) is 10.4 Å². The Kier molecular flexibility index (Phi) is 2.32. The summed E-state index contributed by atoms with van der Waals surface area (Å²) in [6.45, 7) is 2.53. The van der Waals surface area contributed by atoms with Gasteiger partial charge in [0, 0.05) is 24.1 Å². The maximum absolute atomic E-state index is 10.6. The van der Waals surface area contributed by atoms with Crippen LogP contribution in [0.1, 0.15) is 6.92 Å². The lowest BCUT2D eigenvalue weighted by Gasteiger charge is -1.97. The van der Waals surface area contributed by atoms with E-state index in [2.05, 4.69) is 5.10 Å². The lowest BCUT2D eigenvalue weighted by molar-refractivity contribution is -0.384. The van der Waals surface area contributed by atoms with Crippen LogP contribution < -0.4 is 0 Å². The molecule has 5 nitrogen and oxygen atoms in total. The number of hydrogen-bond donors (Lipinski definition) is 0. The molecule has 0 atom stereocenters.